The summed E-state index contributed by atoms with van der Waals surface area (Å²) < 4.78 is 26.6. The molecule has 0 bridgehead atoms. The van der Waals surface area contributed by atoms with Gasteiger partial charge in [-0.05, 0) is 24.5 Å². The van der Waals surface area contributed by atoms with E-state index in [2.05, 4.69) is 0 Å². The Balaban J connectivity index is 2.16. The molecule has 1 saturated carbocycles. The maximum Gasteiger partial charge on any atom is 0.144 e. The van der Waals surface area contributed by atoms with E-state index in [0.29, 0.717) is 6.54 Å². The van der Waals surface area contributed by atoms with Gasteiger partial charge in [-0.25, -0.2) is 8.78 Å². The predicted octanol–water partition coefficient (Wildman–Crippen LogP) is 3.38. The van der Waals surface area contributed by atoms with Crippen LogP contribution >= 0.6 is 0 Å². The summed E-state index contributed by atoms with van der Waals surface area (Å²) in [4.78, 5) is 12.6. The number of carbonyl (C=O) groups is 1. The molecule has 0 heterocycles. The van der Waals surface area contributed by atoms with Gasteiger partial charge < -0.3 is 5.73 Å². The molecular formula is C16H21F2NO. The Kier molecular flexibility index (Phi) is 4.86. The van der Waals surface area contributed by atoms with E-state index in [1.165, 1.54) is 12.1 Å². The van der Waals surface area contributed by atoms with E-state index < -0.39 is 17.0 Å². The largest absolute Gasteiger partial charge is 0.329 e. The zero-order valence-corrected chi connectivity index (χ0v) is 11.6. The van der Waals surface area contributed by atoms with Crippen molar-refractivity contribution in [2.24, 2.45) is 11.1 Å². The monoisotopic (exact) mass is 281 g/mol. The molecule has 2 nitrogen and oxygen atoms in total. The number of nitrogens with two attached hydrogens (primary N) is 1. The first-order valence-electron chi connectivity index (χ1n) is 7.25. The summed E-state index contributed by atoms with van der Waals surface area (Å²) in [6.45, 7) is 0.314. The molecule has 20 heavy (non-hydrogen) atoms. The van der Waals surface area contributed by atoms with Gasteiger partial charge in [0.05, 0.1) is 0 Å². The number of rotatable bonds is 4. The van der Waals surface area contributed by atoms with Crippen LogP contribution in [-0.2, 0) is 11.2 Å². The molecule has 1 aromatic rings. The van der Waals surface area contributed by atoms with E-state index in [4.69, 9.17) is 5.73 Å². The summed E-state index contributed by atoms with van der Waals surface area (Å²) in [5.74, 6) is -1.28. The lowest BCUT2D eigenvalue weighted by Crippen LogP contribution is -2.39. The van der Waals surface area contributed by atoms with Gasteiger partial charge in [0.25, 0.3) is 0 Å². The summed E-state index contributed by atoms with van der Waals surface area (Å²) in [5, 5.41) is 0. The minimum atomic E-state index is -0.654. The molecule has 4 heteroatoms. The van der Waals surface area contributed by atoms with Crippen LogP contribution in [0.4, 0.5) is 8.78 Å². The minimum Gasteiger partial charge on any atom is -0.329 e. The molecule has 0 unspecified atom stereocenters. The number of Topliss-reactive ketones (excluding diaryl/α,β-unsaturated/α-hetero) is 1. The maximum absolute atomic E-state index is 13.7. The minimum absolute atomic E-state index is 0.00329. The Morgan fingerprint density at radius 2 is 1.80 bits per heavy atom. The third kappa shape index (κ3) is 3.23. The van der Waals surface area contributed by atoms with Gasteiger partial charge in [0, 0.05) is 24.4 Å². The number of ketones is 1. The lowest BCUT2D eigenvalue weighted by Gasteiger charge is -2.29. The molecule has 2 rings (SSSR count). The van der Waals surface area contributed by atoms with Gasteiger partial charge in [-0.15, -0.1) is 0 Å². The van der Waals surface area contributed by atoms with Crippen LogP contribution in [0.2, 0.25) is 0 Å². The molecule has 0 spiro atoms. The molecule has 1 aromatic carbocycles. The third-order valence-corrected chi connectivity index (χ3v) is 4.41. The van der Waals surface area contributed by atoms with Crippen LogP contribution in [0, 0.1) is 17.0 Å². The summed E-state index contributed by atoms with van der Waals surface area (Å²) in [6.07, 6.45) is 5.81. The van der Waals surface area contributed by atoms with Crippen molar-refractivity contribution in [2.45, 2.75) is 44.9 Å². The van der Waals surface area contributed by atoms with E-state index >= 15 is 0 Å². The van der Waals surface area contributed by atoms with Crippen LogP contribution in [0.3, 0.4) is 0 Å². The predicted molar refractivity (Wildman–Crippen MR) is 74.3 cm³/mol. The first-order valence-corrected chi connectivity index (χ1v) is 7.25. The summed E-state index contributed by atoms with van der Waals surface area (Å²) >= 11 is 0. The third-order valence-electron chi connectivity index (χ3n) is 4.41. The van der Waals surface area contributed by atoms with Gasteiger partial charge in [-0.3, -0.25) is 4.79 Å². The van der Waals surface area contributed by atoms with Crippen molar-refractivity contribution in [3.8, 4) is 0 Å². The van der Waals surface area contributed by atoms with Crippen LogP contribution in [-0.4, -0.2) is 12.3 Å². The number of benzene rings is 1. The quantitative estimate of drug-likeness (QED) is 0.860. The van der Waals surface area contributed by atoms with Crippen molar-refractivity contribution in [1.82, 2.24) is 0 Å². The maximum atomic E-state index is 13.7. The summed E-state index contributed by atoms with van der Waals surface area (Å²) in [7, 11) is 0. The van der Waals surface area contributed by atoms with Crippen molar-refractivity contribution < 1.29 is 13.6 Å². The van der Waals surface area contributed by atoms with Crippen molar-refractivity contribution in [3.63, 3.8) is 0 Å². The highest BCUT2D eigenvalue weighted by Crippen LogP contribution is 2.36. The fourth-order valence-corrected chi connectivity index (χ4v) is 3.03. The number of halogens is 2. The Morgan fingerprint density at radius 3 is 2.35 bits per heavy atom. The van der Waals surface area contributed by atoms with Crippen LogP contribution in [0.5, 0.6) is 0 Å². The molecule has 0 aromatic heterocycles. The van der Waals surface area contributed by atoms with Crippen LogP contribution in [0.25, 0.3) is 0 Å². The smallest absolute Gasteiger partial charge is 0.144 e. The molecule has 2 N–H and O–H groups in total. The number of carbonyl (C=O) groups excluding carboxylic acids is 1. The Labute approximate surface area is 118 Å². The lowest BCUT2D eigenvalue weighted by atomic mass is 9.74. The molecular weight excluding hydrogens is 260 g/mol. The Morgan fingerprint density at radius 1 is 1.15 bits per heavy atom. The SMILES string of the molecule is NCC1(C(=O)Cc2ccc(F)cc2F)CCCCCC1. The average Bonchev–Trinajstić information content (AvgIpc) is 2.68. The zero-order chi connectivity index (χ0) is 14.6. The molecule has 0 radical (unpaired) electrons. The van der Waals surface area contributed by atoms with Crippen molar-refractivity contribution in [1.29, 1.82) is 0 Å². The lowest BCUT2D eigenvalue weighted by molar-refractivity contribution is -0.128. The van der Waals surface area contributed by atoms with E-state index in [1.54, 1.807) is 0 Å². The summed E-state index contributed by atoms with van der Waals surface area (Å²) in [5.41, 5.74) is 5.59. The zero-order valence-electron chi connectivity index (χ0n) is 11.6. The number of hydrogen-bond acceptors (Lipinski definition) is 2. The Bertz CT molecular complexity index is 479. The standard InChI is InChI=1S/C16H21F2NO/c17-13-6-5-12(14(18)10-13)9-15(20)16(11-19)7-3-1-2-4-8-16/h5-6,10H,1-4,7-9,11,19H2. The summed E-state index contributed by atoms with van der Waals surface area (Å²) in [6, 6.07) is 3.36. The molecule has 1 aliphatic rings. The van der Waals surface area contributed by atoms with Crippen molar-refractivity contribution in [3.05, 3.63) is 35.4 Å². The van der Waals surface area contributed by atoms with Crippen molar-refractivity contribution in [2.75, 3.05) is 6.54 Å². The highest BCUT2D eigenvalue weighted by atomic mass is 19.1. The first-order chi connectivity index (χ1) is 9.57. The average molecular weight is 281 g/mol. The Hall–Kier alpha value is -1.29. The van der Waals surface area contributed by atoms with Gasteiger partial charge >= 0.3 is 0 Å². The fourth-order valence-electron chi connectivity index (χ4n) is 3.03. The fraction of sp³-hybridized carbons (Fsp3) is 0.562. The normalized spacial score (nSPS) is 18.6. The van der Waals surface area contributed by atoms with Gasteiger partial charge in [0.15, 0.2) is 0 Å². The number of hydrogen-bond donors (Lipinski definition) is 1. The van der Waals surface area contributed by atoms with E-state index in [-0.39, 0.29) is 17.8 Å². The molecule has 0 atom stereocenters. The molecule has 0 saturated heterocycles. The van der Waals surface area contributed by atoms with Crippen LogP contribution < -0.4 is 5.73 Å². The van der Waals surface area contributed by atoms with Gasteiger partial charge in [0.1, 0.15) is 17.4 Å². The molecule has 110 valence electrons. The highest BCUT2D eigenvalue weighted by Gasteiger charge is 2.36. The molecule has 1 aliphatic carbocycles. The van der Waals surface area contributed by atoms with Gasteiger partial charge in [0.2, 0.25) is 0 Å². The van der Waals surface area contributed by atoms with E-state index in [1.807, 2.05) is 0 Å². The van der Waals surface area contributed by atoms with Crippen LogP contribution in [0.1, 0.15) is 44.1 Å². The first kappa shape index (κ1) is 15.1. The molecule has 0 amide bonds. The van der Waals surface area contributed by atoms with Gasteiger partial charge in [-0.2, -0.15) is 0 Å². The van der Waals surface area contributed by atoms with Crippen molar-refractivity contribution >= 4 is 5.78 Å². The molecule has 0 aliphatic heterocycles. The topological polar surface area (TPSA) is 43.1 Å². The van der Waals surface area contributed by atoms with Crippen LogP contribution in [0.15, 0.2) is 18.2 Å². The van der Waals surface area contributed by atoms with E-state index in [9.17, 15) is 13.6 Å². The second kappa shape index (κ2) is 6.44. The second-order valence-electron chi connectivity index (χ2n) is 5.73. The highest BCUT2D eigenvalue weighted by molar-refractivity contribution is 5.87. The molecule has 1 fully saturated rings. The van der Waals surface area contributed by atoms with E-state index in [0.717, 1.165) is 44.6 Å². The second-order valence-corrected chi connectivity index (χ2v) is 5.73. The van der Waals surface area contributed by atoms with Gasteiger partial charge in [-0.1, -0.05) is 31.7 Å².